The highest BCUT2D eigenvalue weighted by Crippen LogP contribution is 2.55. The van der Waals surface area contributed by atoms with Gasteiger partial charge in [-0.15, -0.1) is 0 Å². The lowest BCUT2D eigenvalue weighted by Crippen LogP contribution is -2.16. The van der Waals surface area contributed by atoms with Crippen molar-refractivity contribution in [2.24, 2.45) is 0 Å². The van der Waals surface area contributed by atoms with Crippen LogP contribution in [0, 0.1) is 0 Å². The standard InChI is InChI=1S/C54H41N/c1-53(2)47-28-10-8-18-37(47)39-20-12-22-41(49(39)53)43-24-14-26-45-46-27-15-25-44(42-23-13-21-40-38-19-9-11-29-48(38)54(3,4)50(40)42)52(46)55(51(43)45)36-32-30-35(31-33-36)34-16-6-5-7-17-34/h5-33H,1-4H3. The number of benzene rings is 8. The predicted octanol–water partition coefficient (Wildman–Crippen LogP) is 14.4. The van der Waals surface area contributed by atoms with Gasteiger partial charge in [0.05, 0.1) is 11.0 Å². The fourth-order valence-electron chi connectivity index (χ4n) is 10.4. The van der Waals surface area contributed by atoms with E-state index in [0.717, 1.165) is 5.69 Å². The fraction of sp³-hybridized carbons (Fsp3) is 0.111. The zero-order chi connectivity index (χ0) is 37.1. The van der Waals surface area contributed by atoms with Gasteiger partial charge in [-0.05, 0) is 78.9 Å². The van der Waals surface area contributed by atoms with Gasteiger partial charge in [0, 0.05) is 38.4 Å². The van der Waals surface area contributed by atoms with Crippen LogP contribution in [0.2, 0.25) is 0 Å². The molecule has 2 aliphatic rings. The zero-order valence-electron chi connectivity index (χ0n) is 31.7. The maximum atomic E-state index is 2.58. The molecule has 0 spiro atoms. The summed E-state index contributed by atoms with van der Waals surface area (Å²) in [5, 5.41) is 2.53. The Kier molecular flexibility index (Phi) is 6.72. The Bertz CT molecular complexity index is 2840. The van der Waals surface area contributed by atoms with Gasteiger partial charge in [-0.2, -0.15) is 0 Å². The van der Waals surface area contributed by atoms with E-state index in [1.807, 2.05) is 0 Å². The molecule has 11 rings (SSSR count). The summed E-state index contributed by atoms with van der Waals surface area (Å²) in [7, 11) is 0. The zero-order valence-corrected chi connectivity index (χ0v) is 31.7. The minimum atomic E-state index is -0.144. The average molecular weight is 704 g/mol. The highest BCUT2D eigenvalue weighted by atomic mass is 15.0. The Hall–Kier alpha value is -6.44. The summed E-state index contributed by atoms with van der Waals surface area (Å²) in [6.45, 7) is 9.58. The molecule has 1 heterocycles. The van der Waals surface area contributed by atoms with E-state index >= 15 is 0 Å². The van der Waals surface area contributed by atoms with Crippen LogP contribution in [-0.2, 0) is 10.8 Å². The molecule has 0 bridgehead atoms. The van der Waals surface area contributed by atoms with Crippen molar-refractivity contribution in [3.05, 3.63) is 198 Å². The van der Waals surface area contributed by atoms with E-state index in [-0.39, 0.29) is 10.8 Å². The van der Waals surface area contributed by atoms with Gasteiger partial charge < -0.3 is 4.57 Å². The van der Waals surface area contributed by atoms with Gasteiger partial charge in [-0.25, -0.2) is 0 Å². The van der Waals surface area contributed by atoms with Gasteiger partial charge in [0.1, 0.15) is 0 Å². The van der Waals surface area contributed by atoms with Gasteiger partial charge in [0.25, 0.3) is 0 Å². The smallest absolute Gasteiger partial charge is 0.0619 e. The molecule has 2 aliphatic carbocycles. The van der Waals surface area contributed by atoms with E-state index in [2.05, 4.69) is 208 Å². The lowest BCUT2D eigenvalue weighted by molar-refractivity contribution is 0.662. The largest absolute Gasteiger partial charge is 0.308 e. The van der Waals surface area contributed by atoms with Crippen molar-refractivity contribution in [2.45, 2.75) is 38.5 Å². The number of fused-ring (bicyclic) bond motifs is 9. The monoisotopic (exact) mass is 703 g/mol. The molecule has 0 amide bonds. The Balaban J connectivity index is 1.24. The van der Waals surface area contributed by atoms with Crippen LogP contribution in [0.15, 0.2) is 176 Å². The second-order valence-electron chi connectivity index (χ2n) is 16.4. The summed E-state index contributed by atoms with van der Waals surface area (Å²) in [6.07, 6.45) is 0. The molecule has 0 unspecified atom stereocenters. The molecule has 1 aromatic heterocycles. The van der Waals surface area contributed by atoms with Crippen molar-refractivity contribution in [1.29, 1.82) is 0 Å². The van der Waals surface area contributed by atoms with Crippen LogP contribution in [0.1, 0.15) is 49.9 Å². The molecule has 262 valence electrons. The molecule has 0 saturated carbocycles. The molecule has 1 nitrogen and oxygen atoms in total. The Labute approximate surface area is 323 Å². The molecule has 0 aliphatic heterocycles. The van der Waals surface area contributed by atoms with E-state index in [0.29, 0.717) is 0 Å². The number of nitrogens with zero attached hydrogens (tertiary/aromatic N) is 1. The highest BCUT2D eigenvalue weighted by Gasteiger charge is 2.39. The van der Waals surface area contributed by atoms with Gasteiger partial charge in [0.15, 0.2) is 0 Å². The maximum absolute atomic E-state index is 2.58. The fourth-order valence-corrected chi connectivity index (χ4v) is 10.4. The van der Waals surface area contributed by atoms with Crippen LogP contribution in [-0.4, -0.2) is 4.57 Å². The first-order valence-corrected chi connectivity index (χ1v) is 19.5. The number of hydrogen-bond donors (Lipinski definition) is 0. The highest BCUT2D eigenvalue weighted by molar-refractivity contribution is 6.18. The molecule has 0 atom stereocenters. The summed E-state index contributed by atoms with van der Waals surface area (Å²) >= 11 is 0. The summed E-state index contributed by atoms with van der Waals surface area (Å²) in [6, 6.07) is 65.6. The van der Waals surface area contributed by atoms with Gasteiger partial charge in [0.2, 0.25) is 0 Å². The first-order chi connectivity index (χ1) is 26.8. The van der Waals surface area contributed by atoms with E-state index in [1.54, 1.807) is 0 Å². The van der Waals surface area contributed by atoms with Crippen molar-refractivity contribution >= 4 is 21.8 Å². The van der Waals surface area contributed by atoms with E-state index in [4.69, 9.17) is 0 Å². The lowest BCUT2D eigenvalue weighted by atomic mass is 9.78. The van der Waals surface area contributed by atoms with Gasteiger partial charge in [-0.1, -0.05) is 191 Å². The summed E-state index contributed by atoms with van der Waals surface area (Å²) in [5.41, 5.74) is 21.9. The average Bonchev–Trinajstić information content (AvgIpc) is 3.79. The Morgan fingerprint density at radius 2 is 0.673 bits per heavy atom. The third kappa shape index (κ3) is 4.41. The molecular formula is C54H41N. The number of hydrogen-bond acceptors (Lipinski definition) is 0. The van der Waals surface area contributed by atoms with Gasteiger partial charge >= 0.3 is 0 Å². The molecule has 0 fully saturated rings. The number of aromatic nitrogens is 1. The summed E-state index contributed by atoms with van der Waals surface area (Å²) < 4.78 is 2.58. The van der Waals surface area contributed by atoms with E-state index in [9.17, 15) is 0 Å². The summed E-state index contributed by atoms with van der Waals surface area (Å²) in [5.74, 6) is 0. The quantitative estimate of drug-likeness (QED) is 0.172. The molecule has 55 heavy (non-hydrogen) atoms. The third-order valence-electron chi connectivity index (χ3n) is 12.8. The predicted molar refractivity (Wildman–Crippen MR) is 232 cm³/mol. The Morgan fingerprint density at radius 3 is 1.16 bits per heavy atom. The normalized spacial score (nSPS) is 14.5. The molecule has 0 radical (unpaired) electrons. The lowest BCUT2D eigenvalue weighted by Gasteiger charge is -2.25. The molecule has 9 aromatic rings. The number of para-hydroxylation sites is 2. The van der Waals surface area contributed by atoms with Crippen molar-refractivity contribution < 1.29 is 0 Å². The van der Waals surface area contributed by atoms with Crippen LogP contribution in [0.3, 0.4) is 0 Å². The maximum Gasteiger partial charge on any atom is 0.0619 e. The molecular weight excluding hydrogens is 663 g/mol. The molecule has 1 heteroatoms. The van der Waals surface area contributed by atoms with Gasteiger partial charge in [-0.3, -0.25) is 0 Å². The third-order valence-corrected chi connectivity index (χ3v) is 12.8. The first-order valence-electron chi connectivity index (χ1n) is 19.5. The summed E-state index contributed by atoms with van der Waals surface area (Å²) in [4.78, 5) is 0. The molecule has 8 aromatic carbocycles. The minimum absolute atomic E-state index is 0.144. The first kappa shape index (κ1) is 32.0. The second kappa shape index (κ2) is 11.5. The van der Waals surface area contributed by atoms with Crippen LogP contribution < -0.4 is 0 Å². The SMILES string of the molecule is CC1(C)c2ccccc2-c2cccc(-c3cccc4c5cccc(-c6cccc7c6C(C)(C)c6ccccc6-7)c5n(-c5ccc(-c6ccccc6)cc5)c34)c21. The second-order valence-corrected chi connectivity index (χ2v) is 16.4. The van der Waals surface area contributed by atoms with Crippen LogP contribution in [0.25, 0.3) is 83.1 Å². The Morgan fingerprint density at radius 1 is 0.309 bits per heavy atom. The van der Waals surface area contributed by atoms with Crippen molar-refractivity contribution in [3.63, 3.8) is 0 Å². The molecule has 0 N–H and O–H groups in total. The van der Waals surface area contributed by atoms with Crippen molar-refractivity contribution in [1.82, 2.24) is 4.57 Å². The minimum Gasteiger partial charge on any atom is -0.308 e. The number of rotatable bonds is 4. The van der Waals surface area contributed by atoms with Crippen molar-refractivity contribution in [3.8, 4) is 61.3 Å². The topological polar surface area (TPSA) is 4.93 Å². The van der Waals surface area contributed by atoms with Crippen molar-refractivity contribution in [2.75, 3.05) is 0 Å². The van der Waals surface area contributed by atoms with E-state index < -0.39 is 0 Å². The van der Waals surface area contributed by atoms with Crippen LogP contribution in [0.4, 0.5) is 0 Å². The van der Waals surface area contributed by atoms with Crippen LogP contribution in [0.5, 0.6) is 0 Å². The van der Waals surface area contributed by atoms with E-state index in [1.165, 1.54) is 99.7 Å². The van der Waals surface area contributed by atoms with Crippen LogP contribution >= 0.6 is 0 Å². The molecule has 0 saturated heterocycles.